The van der Waals surface area contributed by atoms with Crippen molar-refractivity contribution in [2.24, 2.45) is 0 Å². The fraction of sp³-hybridized carbons (Fsp3) is 0.438. The van der Waals surface area contributed by atoms with Gasteiger partial charge >= 0.3 is 14.8 Å². The van der Waals surface area contributed by atoms with E-state index >= 15 is 0 Å². The van der Waals surface area contributed by atoms with Gasteiger partial charge in [-0.15, -0.1) is 0 Å². The Hall–Kier alpha value is -1.51. The zero-order chi connectivity index (χ0) is 16.3. The average molecular weight is 335 g/mol. The van der Waals surface area contributed by atoms with Crippen molar-refractivity contribution in [2.45, 2.75) is 13.2 Å². The summed E-state index contributed by atoms with van der Waals surface area (Å²) in [4.78, 5) is 13.7. The van der Waals surface area contributed by atoms with E-state index < -0.39 is 21.1 Å². The van der Waals surface area contributed by atoms with Crippen molar-refractivity contribution in [3.05, 3.63) is 42.5 Å². The van der Waals surface area contributed by atoms with E-state index in [9.17, 15) is 4.79 Å². The zero-order valence-electron chi connectivity index (χ0n) is 13.2. The third-order valence-electron chi connectivity index (χ3n) is 3.88. The number of fused-ring (bicyclic) bond motifs is 6. The monoisotopic (exact) mass is 335 g/mol. The van der Waals surface area contributed by atoms with Crippen molar-refractivity contribution in [1.82, 2.24) is 4.90 Å². The van der Waals surface area contributed by atoms with Gasteiger partial charge in [0.05, 0.1) is 19.8 Å². The number of carbonyl (C=O) groups excluding carboxylic acids is 1. The van der Waals surface area contributed by atoms with Crippen LogP contribution in [0, 0.1) is 6.92 Å². The summed E-state index contributed by atoms with van der Waals surface area (Å²) in [7, 11) is -3.12. The Morgan fingerprint density at radius 3 is 2.78 bits per heavy atom. The Bertz CT molecular complexity index is 584. The molecule has 1 aromatic rings. The molecule has 1 unspecified atom stereocenters. The number of benzene rings is 1. The summed E-state index contributed by atoms with van der Waals surface area (Å²) in [5.41, 5.74) is 1.10. The lowest BCUT2D eigenvalue weighted by Gasteiger charge is -2.41. The maximum absolute atomic E-state index is 11.6. The first-order valence-electron chi connectivity index (χ1n) is 7.69. The van der Waals surface area contributed by atoms with Crippen molar-refractivity contribution in [3.8, 4) is 0 Å². The Kier molecular flexibility index (Phi) is 4.93. The van der Waals surface area contributed by atoms with E-state index in [2.05, 4.69) is 11.5 Å². The van der Waals surface area contributed by atoms with Crippen molar-refractivity contribution >= 4 is 20.0 Å². The van der Waals surface area contributed by atoms with Gasteiger partial charge in [-0.25, -0.2) is 4.79 Å². The van der Waals surface area contributed by atoms with E-state index in [0.29, 0.717) is 19.8 Å². The second-order valence-electron chi connectivity index (χ2n) is 5.61. The van der Waals surface area contributed by atoms with E-state index in [4.69, 9.17) is 18.0 Å². The molecule has 4 rings (SSSR count). The molecule has 3 fully saturated rings. The highest BCUT2D eigenvalue weighted by Crippen LogP contribution is 2.21. The molecule has 124 valence electrons. The van der Waals surface area contributed by atoms with Gasteiger partial charge in [0.25, 0.3) is 0 Å². The van der Waals surface area contributed by atoms with Crippen LogP contribution in [0.2, 0.25) is 0 Å². The van der Waals surface area contributed by atoms with Crippen LogP contribution in [-0.4, -0.2) is 58.8 Å². The lowest BCUT2D eigenvalue weighted by molar-refractivity contribution is -0.173. The van der Waals surface area contributed by atoms with Crippen LogP contribution in [-0.2, 0) is 22.8 Å². The fourth-order valence-electron chi connectivity index (χ4n) is 2.75. The van der Waals surface area contributed by atoms with Gasteiger partial charge in [-0.3, -0.25) is 4.90 Å². The minimum atomic E-state index is -3.12. The minimum absolute atomic E-state index is 0.507. The normalized spacial score (nSPS) is 30.8. The quantitative estimate of drug-likeness (QED) is 0.457. The molecule has 3 heterocycles. The average Bonchev–Trinajstić information content (AvgIpc) is 2.48. The molecule has 6 nitrogen and oxygen atoms in total. The van der Waals surface area contributed by atoms with Crippen LogP contribution >= 0.6 is 0 Å². The molecule has 23 heavy (non-hydrogen) atoms. The van der Waals surface area contributed by atoms with Crippen molar-refractivity contribution < 1.29 is 22.8 Å². The second kappa shape index (κ2) is 6.94. The van der Waals surface area contributed by atoms with Crippen LogP contribution in [0.15, 0.2) is 36.9 Å². The zero-order valence-corrected chi connectivity index (χ0v) is 14.2. The van der Waals surface area contributed by atoms with Crippen molar-refractivity contribution in [1.29, 1.82) is 0 Å². The van der Waals surface area contributed by atoms with Gasteiger partial charge in [-0.1, -0.05) is 36.4 Å². The van der Waals surface area contributed by atoms with E-state index in [0.717, 1.165) is 29.9 Å². The summed E-state index contributed by atoms with van der Waals surface area (Å²) < 4.78 is 23.6. The first-order valence-corrected chi connectivity index (χ1v) is 9.42. The van der Waals surface area contributed by atoms with Crippen LogP contribution in [0.1, 0.15) is 5.56 Å². The van der Waals surface area contributed by atoms with Crippen LogP contribution < -0.4 is 5.19 Å². The highest BCUT2D eigenvalue weighted by molar-refractivity contribution is 6.75. The number of hydrogen-bond acceptors (Lipinski definition) is 6. The standard InChI is InChI=1S/C16H21NO5Si/c1-3-15(18)21-16-12-17-7-9-19-23(22-16,20-10-8-17)14-6-4-5-13(2)11-14/h3-6,11,16H,1,7-10,12H2,2H3. The van der Waals surface area contributed by atoms with E-state index in [1.165, 1.54) is 0 Å². The molecule has 3 saturated heterocycles. The van der Waals surface area contributed by atoms with Gasteiger partial charge in [0, 0.05) is 24.4 Å². The topological polar surface area (TPSA) is 57.2 Å². The third-order valence-corrected chi connectivity index (χ3v) is 6.64. The van der Waals surface area contributed by atoms with E-state index in [1.807, 2.05) is 31.2 Å². The summed E-state index contributed by atoms with van der Waals surface area (Å²) in [6.07, 6.45) is 0.406. The molecule has 0 saturated carbocycles. The summed E-state index contributed by atoms with van der Waals surface area (Å²) >= 11 is 0. The molecule has 7 heteroatoms. The largest absolute Gasteiger partial charge is 0.540 e. The molecule has 0 aromatic heterocycles. The van der Waals surface area contributed by atoms with Gasteiger partial charge in [-0.05, 0) is 6.92 Å². The number of nitrogens with zero attached hydrogens (tertiary/aromatic N) is 1. The predicted octanol–water partition coefficient (Wildman–Crippen LogP) is 0.575. The lowest BCUT2D eigenvalue weighted by atomic mass is 10.2. The number of hydrogen-bond donors (Lipinski definition) is 0. The molecule has 3 aliphatic heterocycles. The Labute approximate surface area is 137 Å². The van der Waals surface area contributed by atoms with E-state index in [1.54, 1.807) is 0 Å². The summed E-state index contributed by atoms with van der Waals surface area (Å²) in [6.45, 7) is 8.53. The smallest absolute Gasteiger partial charge is 0.432 e. The molecule has 0 amide bonds. The Balaban J connectivity index is 1.93. The molecule has 0 N–H and O–H groups in total. The van der Waals surface area contributed by atoms with Gasteiger partial charge in [-0.2, -0.15) is 0 Å². The molecule has 3 aliphatic rings. The number of carbonyl (C=O) groups is 1. The van der Waals surface area contributed by atoms with Gasteiger partial charge < -0.3 is 18.0 Å². The lowest BCUT2D eigenvalue weighted by Crippen LogP contribution is -2.64. The molecule has 1 aromatic carbocycles. The molecule has 0 spiro atoms. The minimum Gasteiger partial charge on any atom is -0.432 e. The summed E-state index contributed by atoms with van der Waals surface area (Å²) in [6, 6.07) is 7.93. The van der Waals surface area contributed by atoms with Crippen LogP contribution in [0.5, 0.6) is 0 Å². The Morgan fingerprint density at radius 1 is 1.39 bits per heavy atom. The fourth-order valence-corrected chi connectivity index (χ4v) is 5.34. The SMILES string of the molecule is C=CC(=O)OC1CN2CCO[Si](c3cccc(C)c3)(OCC2)O1. The number of rotatable bonds is 3. The van der Waals surface area contributed by atoms with Crippen LogP contribution in [0.25, 0.3) is 0 Å². The maximum atomic E-state index is 11.6. The number of ether oxygens (including phenoxy) is 1. The molecular weight excluding hydrogens is 314 g/mol. The van der Waals surface area contributed by atoms with Crippen LogP contribution in [0.4, 0.5) is 0 Å². The summed E-state index contributed by atoms with van der Waals surface area (Å²) in [5, 5.41) is 0.896. The first kappa shape index (κ1) is 16.3. The maximum Gasteiger partial charge on any atom is 0.540 e. The van der Waals surface area contributed by atoms with E-state index in [-0.39, 0.29) is 0 Å². The van der Waals surface area contributed by atoms with Gasteiger partial charge in [0.2, 0.25) is 6.29 Å². The van der Waals surface area contributed by atoms with Crippen LogP contribution in [0.3, 0.4) is 0 Å². The molecular formula is C16H21NO5Si. The molecule has 0 radical (unpaired) electrons. The highest BCUT2D eigenvalue weighted by Gasteiger charge is 2.49. The number of esters is 1. The summed E-state index contributed by atoms with van der Waals surface area (Å²) in [5.74, 6) is -0.511. The molecule has 0 aliphatic carbocycles. The molecule has 1 atom stereocenters. The predicted molar refractivity (Wildman–Crippen MR) is 86.1 cm³/mol. The number of aryl methyl sites for hydroxylation is 1. The van der Waals surface area contributed by atoms with Gasteiger partial charge in [0.15, 0.2) is 0 Å². The third kappa shape index (κ3) is 3.70. The second-order valence-corrected chi connectivity index (χ2v) is 8.11. The first-order chi connectivity index (χ1) is 11.1. The molecule has 2 bridgehead atoms. The Morgan fingerprint density at radius 2 is 2.13 bits per heavy atom. The highest BCUT2D eigenvalue weighted by atomic mass is 28.4. The van der Waals surface area contributed by atoms with Gasteiger partial charge in [0.1, 0.15) is 0 Å². The van der Waals surface area contributed by atoms with Crippen molar-refractivity contribution in [3.63, 3.8) is 0 Å². The van der Waals surface area contributed by atoms with Crippen molar-refractivity contribution in [2.75, 3.05) is 32.8 Å².